The molecule has 0 spiro atoms. The lowest BCUT2D eigenvalue weighted by Crippen LogP contribution is -2.24. The van der Waals surface area contributed by atoms with Gasteiger partial charge in [0.1, 0.15) is 5.82 Å². The molecule has 1 aromatic heterocycles. The molecule has 4 heteroatoms. The maximum atomic E-state index is 5.74. The zero-order valence-electron chi connectivity index (χ0n) is 9.99. The Morgan fingerprint density at radius 3 is 2.94 bits per heavy atom. The fourth-order valence-electron chi connectivity index (χ4n) is 2.32. The van der Waals surface area contributed by atoms with E-state index < -0.39 is 0 Å². The zero-order chi connectivity index (χ0) is 11.5. The summed E-state index contributed by atoms with van der Waals surface area (Å²) in [5.41, 5.74) is 9.52. The summed E-state index contributed by atoms with van der Waals surface area (Å²) in [6.45, 7) is 2.88. The van der Waals surface area contributed by atoms with Crippen LogP contribution in [-0.2, 0) is 18.6 Å². The normalized spacial score (nSPS) is 19.6. The van der Waals surface area contributed by atoms with Gasteiger partial charge in [-0.15, -0.1) is 0 Å². The van der Waals surface area contributed by atoms with Crippen LogP contribution in [0.25, 0.3) is 0 Å². The van der Waals surface area contributed by atoms with Crippen LogP contribution >= 0.6 is 11.8 Å². The molecule has 1 atom stereocenters. The molecule has 0 saturated carbocycles. The van der Waals surface area contributed by atoms with Crippen LogP contribution in [-0.4, -0.2) is 22.8 Å². The van der Waals surface area contributed by atoms with Crippen molar-refractivity contribution in [2.45, 2.75) is 31.9 Å². The summed E-state index contributed by atoms with van der Waals surface area (Å²) in [5, 5.41) is 0. The van der Waals surface area contributed by atoms with Gasteiger partial charge in [-0.25, -0.2) is 9.97 Å². The van der Waals surface area contributed by atoms with Crippen LogP contribution in [0.5, 0.6) is 0 Å². The van der Waals surface area contributed by atoms with Crippen molar-refractivity contribution in [1.82, 2.24) is 9.97 Å². The van der Waals surface area contributed by atoms with Gasteiger partial charge in [0.15, 0.2) is 0 Å². The number of rotatable bonds is 3. The predicted octanol–water partition coefficient (Wildman–Crippen LogP) is 1.71. The number of thioether (sulfide) groups is 1. The molecule has 0 saturated heterocycles. The first-order valence-corrected chi connectivity index (χ1v) is 7.18. The highest BCUT2D eigenvalue weighted by molar-refractivity contribution is 7.97. The van der Waals surface area contributed by atoms with Gasteiger partial charge in [-0.2, -0.15) is 11.8 Å². The molecule has 0 aromatic carbocycles. The number of hydrogen-bond acceptors (Lipinski definition) is 4. The van der Waals surface area contributed by atoms with Crippen LogP contribution in [0, 0.1) is 12.8 Å². The molecule has 3 nitrogen and oxygen atoms in total. The van der Waals surface area contributed by atoms with Crippen molar-refractivity contribution in [3.05, 3.63) is 22.8 Å². The fraction of sp³-hybridized carbons (Fsp3) is 0.667. The molecular formula is C12H19N3S. The molecule has 2 rings (SSSR count). The lowest BCUT2D eigenvalue weighted by atomic mass is 9.86. The van der Waals surface area contributed by atoms with Crippen LogP contribution in [0.3, 0.4) is 0 Å². The second-order valence-electron chi connectivity index (χ2n) is 4.43. The topological polar surface area (TPSA) is 51.8 Å². The molecule has 0 radical (unpaired) electrons. The molecule has 1 unspecified atom stereocenters. The van der Waals surface area contributed by atoms with Gasteiger partial charge in [0.2, 0.25) is 0 Å². The van der Waals surface area contributed by atoms with Crippen LogP contribution < -0.4 is 5.73 Å². The van der Waals surface area contributed by atoms with Gasteiger partial charge < -0.3 is 5.73 Å². The lowest BCUT2D eigenvalue weighted by molar-refractivity contribution is 0.458. The highest BCUT2D eigenvalue weighted by Gasteiger charge is 2.21. The molecule has 16 heavy (non-hydrogen) atoms. The molecule has 88 valence electrons. The summed E-state index contributed by atoms with van der Waals surface area (Å²) in [7, 11) is 0. The lowest BCUT2D eigenvalue weighted by Gasteiger charge is -2.24. The van der Waals surface area contributed by atoms with Gasteiger partial charge in [0.25, 0.3) is 0 Å². The molecule has 0 aliphatic heterocycles. The molecular weight excluding hydrogens is 218 g/mol. The second-order valence-corrected chi connectivity index (χ2v) is 5.29. The number of aromatic nitrogens is 2. The minimum atomic E-state index is 0.626. The van der Waals surface area contributed by atoms with Crippen molar-refractivity contribution >= 4 is 11.8 Å². The summed E-state index contributed by atoms with van der Waals surface area (Å²) in [5.74, 6) is 2.52. The number of aryl methyl sites for hydroxylation is 2. The number of hydrogen-bond donors (Lipinski definition) is 1. The Morgan fingerprint density at radius 2 is 2.25 bits per heavy atom. The maximum Gasteiger partial charge on any atom is 0.138 e. The molecule has 0 amide bonds. The fourth-order valence-corrected chi connectivity index (χ4v) is 2.70. The Morgan fingerprint density at radius 1 is 1.44 bits per heavy atom. The van der Waals surface area contributed by atoms with Crippen LogP contribution in [0.1, 0.15) is 29.2 Å². The Labute approximate surface area is 101 Å². The Kier molecular flexibility index (Phi) is 3.82. The van der Waals surface area contributed by atoms with E-state index in [0.29, 0.717) is 5.92 Å². The minimum Gasteiger partial charge on any atom is -0.330 e. The quantitative estimate of drug-likeness (QED) is 0.869. The highest BCUT2D eigenvalue weighted by atomic mass is 32.2. The van der Waals surface area contributed by atoms with E-state index in [9.17, 15) is 0 Å². The van der Waals surface area contributed by atoms with Crippen molar-refractivity contribution in [2.75, 3.05) is 12.8 Å². The van der Waals surface area contributed by atoms with E-state index in [4.69, 9.17) is 5.73 Å². The smallest absolute Gasteiger partial charge is 0.138 e. The Bertz CT molecular complexity index is 379. The molecule has 1 aliphatic carbocycles. The third-order valence-corrected chi connectivity index (χ3v) is 3.78. The minimum absolute atomic E-state index is 0.626. The second kappa shape index (κ2) is 5.15. The van der Waals surface area contributed by atoms with Gasteiger partial charge in [0, 0.05) is 11.4 Å². The van der Waals surface area contributed by atoms with Gasteiger partial charge >= 0.3 is 0 Å². The monoisotopic (exact) mass is 237 g/mol. The summed E-state index contributed by atoms with van der Waals surface area (Å²) in [6, 6.07) is 0. The first-order chi connectivity index (χ1) is 7.74. The van der Waals surface area contributed by atoms with E-state index in [-0.39, 0.29) is 0 Å². The van der Waals surface area contributed by atoms with E-state index in [2.05, 4.69) is 23.1 Å². The van der Waals surface area contributed by atoms with Crippen LogP contribution in [0.2, 0.25) is 0 Å². The Hall–Kier alpha value is -0.610. The van der Waals surface area contributed by atoms with Gasteiger partial charge in [-0.1, -0.05) is 0 Å². The van der Waals surface area contributed by atoms with Gasteiger partial charge in [0.05, 0.1) is 5.75 Å². The largest absolute Gasteiger partial charge is 0.330 e. The number of fused-ring (bicyclic) bond motifs is 1. The van der Waals surface area contributed by atoms with Gasteiger partial charge in [-0.3, -0.25) is 0 Å². The van der Waals surface area contributed by atoms with E-state index in [0.717, 1.165) is 36.7 Å². The standard InChI is InChI=1S/C12H19N3S/c1-8-10-5-9(6-13)3-4-11(10)15-12(14-8)7-16-2/h9H,3-7,13H2,1-2H3. The molecule has 0 fully saturated rings. The predicted molar refractivity (Wildman–Crippen MR) is 68.6 cm³/mol. The average molecular weight is 237 g/mol. The van der Waals surface area contributed by atoms with Crippen LogP contribution in [0.15, 0.2) is 0 Å². The maximum absolute atomic E-state index is 5.74. The molecule has 1 aliphatic rings. The van der Waals surface area contributed by atoms with Crippen molar-refractivity contribution in [3.8, 4) is 0 Å². The molecule has 2 N–H and O–H groups in total. The van der Waals surface area contributed by atoms with E-state index in [1.54, 1.807) is 11.8 Å². The molecule has 1 aromatic rings. The van der Waals surface area contributed by atoms with Gasteiger partial charge in [-0.05, 0) is 50.5 Å². The summed E-state index contributed by atoms with van der Waals surface area (Å²) >= 11 is 1.77. The summed E-state index contributed by atoms with van der Waals surface area (Å²) in [4.78, 5) is 9.23. The van der Waals surface area contributed by atoms with Crippen molar-refractivity contribution in [2.24, 2.45) is 11.7 Å². The highest BCUT2D eigenvalue weighted by Crippen LogP contribution is 2.26. The van der Waals surface area contributed by atoms with E-state index in [1.165, 1.54) is 17.7 Å². The average Bonchev–Trinajstić information content (AvgIpc) is 2.29. The number of nitrogens with zero attached hydrogens (tertiary/aromatic N) is 2. The SMILES string of the molecule is CSCc1nc(C)c2c(n1)CCC(CN)C2. The first kappa shape index (κ1) is 11.9. The zero-order valence-corrected chi connectivity index (χ0v) is 10.8. The van der Waals surface area contributed by atoms with E-state index in [1.807, 2.05) is 0 Å². The molecule has 0 bridgehead atoms. The Balaban J connectivity index is 2.28. The third kappa shape index (κ3) is 2.38. The van der Waals surface area contributed by atoms with Crippen molar-refractivity contribution in [3.63, 3.8) is 0 Å². The number of nitrogens with two attached hydrogens (primary N) is 1. The van der Waals surface area contributed by atoms with Crippen LogP contribution in [0.4, 0.5) is 0 Å². The summed E-state index contributed by atoms with van der Waals surface area (Å²) < 4.78 is 0. The van der Waals surface area contributed by atoms with Crippen molar-refractivity contribution in [1.29, 1.82) is 0 Å². The molecule has 1 heterocycles. The first-order valence-electron chi connectivity index (χ1n) is 5.79. The third-order valence-electron chi connectivity index (χ3n) is 3.23. The van der Waals surface area contributed by atoms with E-state index >= 15 is 0 Å². The summed E-state index contributed by atoms with van der Waals surface area (Å²) in [6.07, 6.45) is 5.40. The van der Waals surface area contributed by atoms with Crippen molar-refractivity contribution < 1.29 is 0 Å².